The van der Waals surface area contributed by atoms with Gasteiger partial charge in [-0.15, -0.1) is 0 Å². The van der Waals surface area contributed by atoms with Gasteiger partial charge in [0.25, 0.3) is 0 Å². The summed E-state index contributed by atoms with van der Waals surface area (Å²) in [5.41, 5.74) is 1.65. The average Bonchev–Trinajstić information content (AvgIpc) is 2.49. The Balaban J connectivity index is 2.64. The highest BCUT2D eigenvalue weighted by molar-refractivity contribution is 6.31. The molecular weight excluding hydrogens is 188 g/mol. The highest BCUT2D eigenvalue weighted by Crippen LogP contribution is 2.24. The lowest BCUT2D eigenvalue weighted by molar-refractivity contribution is -0.107. The van der Waals surface area contributed by atoms with Gasteiger partial charge >= 0.3 is 0 Å². The highest BCUT2D eigenvalue weighted by atomic mass is 35.5. The maximum Gasteiger partial charge on any atom is 0.134 e. The number of furan rings is 1. The van der Waals surface area contributed by atoms with E-state index < -0.39 is 0 Å². The fourth-order valence-electron chi connectivity index (χ4n) is 1.30. The van der Waals surface area contributed by atoms with Crippen LogP contribution in [0.2, 0.25) is 5.02 Å². The highest BCUT2D eigenvalue weighted by Gasteiger charge is 2.04. The minimum Gasteiger partial charge on any atom is -0.464 e. The molecule has 0 bridgehead atoms. The Morgan fingerprint density at radius 3 is 3.08 bits per heavy atom. The minimum absolute atomic E-state index is 0.368. The lowest BCUT2D eigenvalue weighted by Gasteiger charge is -1.91. The van der Waals surface area contributed by atoms with Gasteiger partial charge in [-0.1, -0.05) is 11.6 Å². The van der Waals surface area contributed by atoms with Gasteiger partial charge in [0.15, 0.2) is 0 Å². The summed E-state index contributed by atoms with van der Waals surface area (Å²) in [6, 6.07) is 5.36. The third kappa shape index (κ3) is 1.45. The number of aldehydes is 1. The zero-order chi connectivity index (χ0) is 9.26. The monoisotopic (exact) mass is 194 g/mol. The molecular formula is C10H7ClO2. The maximum absolute atomic E-state index is 10.3. The number of rotatable bonds is 2. The molecule has 2 nitrogen and oxygen atoms in total. The molecule has 0 N–H and O–H groups in total. The number of hydrogen-bond donors (Lipinski definition) is 0. The van der Waals surface area contributed by atoms with Gasteiger partial charge in [0, 0.05) is 22.4 Å². The zero-order valence-corrected chi connectivity index (χ0v) is 7.54. The van der Waals surface area contributed by atoms with Crippen molar-refractivity contribution in [1.29, 1.82) is 0 Å². The van der Waals surface area contributed by atoms with E-state index in [9.17, 15) is 4.79 Å². The Hall–Kier alpha value is -1.28. The van der Waals surface area contributed by atoms with E-state index in [2.05, 4.69) is 0 Å². The molecule has 0 spiro atoms. The van der Waals surface area contributed by atoms with E-state index in [0.717, 1.165) is 22.8 Å². The Kier molecular flexibility index (Phi) is 2.07. The van der Waals surface area contributed by atoms with Crippen LogP contribution in [0.15, 0.2) is 28.9 Å². The molecule has 1 heterocycles. The lowest BCUT2D eigenvalue weighted by atomic mass is 10.1. The largest absolute Gasteiger partial charge is 0.464 e. The Bertz CT molecular complexity index is 445. The SMILES string of the molecule is O=CCc1coc2ccc(Cl)cc12. The van der Waals surface area contributed by atoms with Crippen molar-refractivity contribution in [2.24, 2.45) is 0 Å². The molecule has 0 fully saturated rings. The molecule has 0 amide bonds. The first-order chi connectivity index (χ1) is 6.31. The van der Waals surface area contributed by atoms with Crippen LogP contribution in [-0.2, 0) is 11.2 Å². The molecule has 0 saturated heterocycles. The van der Waals surface area contributed by atoms with Crippen molar-refractivity contribution in [1.82, 2.24) is 0 Å². The predicted molar refractivity (Wildman–Crippen MR) is 51.0 cm³/mol. The van der Waals surface area contributed by atoms with Crippen LogP contribution in [0.4, 0.5) is 0 Å². The van der Waals surface area contributed by atoms with E-state index in [1.54, 1.807) is 24.5 Å². The third-order valence-electron chi connectivity index (χ3n) is 1.92. The van der Waals surface area contributed by atoms with Crippen molar-refractivity contribution >= 4 is 28.9 Å². The Morgan fingerprint density at radius 1 is 1.46 bits per heavy atom. The summed E-state index contributed by atoms with van der Waals surface area (Å²) >= 11 is 5.82. The smallest absolute Gasteiger partial charge is 0.134 e. The Labute approximate surface area is 80.1 Å². The average molecular weight is 195 g/mol. The van der Waals surface area contributed by atoms with Gasteiger partial charge in [-0.05, 0) is 18.2 Å². The number of fused-ring (bicyclic) bond motifs is 1. The van der Waals surface area contributed by atoms with Crippen LogP contribution in [-0.4, -0.2) is 6.29 Å². The summed E-state index contributed by atoms with van der Waals surface area (Å²) in [5, 5.41) is 1.57. The molecule has 2 rings (SSSR count). The number of carbonyl (C=O) groups excluding carboxylic acids is 1. The van der Waals surface area contributed by atoms with Crippen molar-refractivity contribution in [3.05, 3.63) is 35.0 Å². The van der Waals surface area contributed by atoms with E-state index in [1.807, 2.05) is 0 Å². The first-order valence-electron chi connectivity index (χ1n) is 3.90. The molecule has 0 aliphatic heterocycles. The van der Waals surface area contributed by atoms with Gasteiger partial charge < -0.3 is 9.21 Å². The van der Waals surface area contributed by atoms with Gasteiger partial charge in [0.2, 0.25) is 0 Å². The number of halogens is 1. The van der Waals surface area contributed by atoms with Crippen LogP contribution in [0.5, 0.6) is 0 Å². The molecule has 0 aliphatic rings. The molecule has 0 unspecified atom stereocenters. The zero-order valence-electron chi connectivity index (χ0n) is 6.79. The van der Waals surface area contributed by atoms with Crippen molar-refractivity contribution in [2.75, 3.05) is 0 Å². The Morgan fingerprint density at radius 2 is 2.31 bits per heavy atom. The summed E-state index contributed by atoms with van der Waals surface area (Å²) in [5.74, 6) is 0. The predicted octanol–water partition coefficient (Wildman–Crippen LogP) is 2.83. The molecule has 1 aromatic carbocycles. The van der Waals surface area contributed by atoms with E-state index >= 15 is 0 Å². The number of hydrogen-bond acceptors (Lipinski definition) is 2. The van der Waals surface area contributed by atoms with Crippen LogP contribution in [0.1, 0.15) is 5.56 Å². The normalized spacial score (nSPS) is 10.5. The molecule has 0 aliphatic carbocycles. The summed E-state index contributed by atoms with van der Waals surface area (Å²) in [6.45, 7) is 0. The van der Waals surface area contributed by atoms with Gasteiger partial charge in [-0.2, -0.15) is 0 Å². The molecule has 1 aromatic heterocycles. The van der Waals surface area contributed by atoms with Crippen LogP contribution < -0.4 is 0 Å². The summed E-state index contributed by atoms with van der Waals surface area (Å²) in [7, 11) is 0. The molecule has 66 valence electrons. The van der Waals surface area contributed by atoms with Crippen LogP contribution >= 0.6 is 11.6 Å². The topological polar surface area (TPSA) is 30.2 Å². The van der Waals surface area contributed by atoms with E-state index in [-0.39, 0.29) is 0 Å². The van der Waals surface area contributed by atoms with E-state index in [4.69, 9.17) is 16.0 Å². The summed E-state index contributed by atoms with van der Waals surface area (Å²) in [4.78, 5) is 10.3. The van der Waals surface area contributed by atoms with Gasteiger partial charge in [-0.3, -0.25) is 0 Å². The number of benzene rings is 1. The molecule has 13 heavy (non-hydrogen) atoms. The van der Waals surface area contributed by atoms with Crippen LogP contribution in [0.25, 0.3) is 11.0 Å². The van der Waals surface area contributed by atoms with Crippen LogP contribution in [0, 0.1) is 0 Å². The molecule has 0 radical (unpaired) electrons. The minimum atomic E-state index is 0.368. The quantitative estimate of drug-likeness (QED) is 0.689. The first-order valence-corrected chi connectivity index (χ1v) is 4.28. The maximum atomic E-state index is 10.3. The van der Waals surface area contributed by atoms with Crippen LogP contribution in [0.3, 0.4) is 0 Å². The van der Waals surface area contributed by atoms with Crippen molar-refractivity contribution in [2.45, 2.75) is 6.42 Å². The fourth-order valence-corrected chi connectivity index (χ4v) is 1.47. The molecule has 2 aromatic rings. The standard InChI is InChI=1S/C10H7ClO2/c11-8-1-2-10-9(5-8)7(3-4-12)6-13-10/h1-2,4-6H,3H2. The number of carbonyl (C=O) groups is 1. The van der Waals surface area contributed by atoms with Gasteiger partial charge in [-0.25, -0.2) is 0 Å². The van der Waals surface area contributed by atoms with Crippen molar-refractivity contribution in [3.8, 4) is 0 Å². The third-order valence-corrected chi connectivity index (χ3v) is 2.15. The summed E-state index contributed by atoms with van der Waals surface area (Å²) in [6.07, 6.45) is 2.81. The fraction of sp³-hybridized carbons (Fsp3) is 0.100. The second kappa shape index (κ2) is 3.23. The lowest BCUT2D eigenvalue weighted by Crippen LogP contribution is -1.81. The second-order valence-electron chi connectivity index (χ2n) is 2.77. The molecule has 0 saturated carbocycles. The van der Waals surface area contributed by atoms with E-state index in [1.165, 1.54) is 0 Å². The van der Waals surface area contributed by atoms with E-state index in [0.29, 0.717) is 11.4 Å². The first kappa shape index (κ1) is 8.32. The second-order valence-corrected chi connectivity index (χ2v) is 3.21. The summed E-state index contributed by atoms with van der Waals surface area (Å²) < 4.78 is 5.24. The van der Waals surface area contributed by atoms with Gasteiger partial charge in [0.05, 0.1) is 6.26 Å². The van der Waals surface area contributed by atoms with Crippen molar-refractivity contribution in [3.63, 3.8) is 0 Å². The van der Waals surface area contributed by atoms with Crippen molar-refractivity contribution < 1.29 is 9.21 Å². The van der Waals surface area contributed by atoms with Gasteiger partial charge in [0.1, 0.15) is 11.9 Å². The molecule has 3 heteroatoms. The molecule has 0 atom stereocenters.